The van der Waals surface area contributed by atoms with Crippen LogP contribution in [0.1, 0.15) is 44.6 Å². The Morgan fingerprint density at radius 3 is 2.04 bits per heavy atom. The Morgan fingerprint density at radius 1 is 0.923 bits per heavy atom. The van der Waals surface area contributed by atoms with Crippen LogP contribution in [0.4, 0.5) is 4.39 Å². The van der Waals surface area contributed by atoms with Crippen molar-refractivity contribution in [1.29, 1.82) is 0 Å². The van der Waals surface area contributed by atoms with Crippen LogP contribution < -0.4 is 4.74 Å². The molecule has 1 atom stereocenters. The molecule has 0 aromatic heterocycles. The summed E-state index contributed by atoms with van der Waals surface area (Å²) in [7, 11) is 0. The maximum absolute atomic E-state index is 13.0. The topological polar surface area (TPSA) is 32.7 Å². The molecule has 1 saturated heterocycles. The number of hydrogen-bond acceptors (Lipinski definition) is 3. The molecule has 2 aromatic carbocycles. The summed E-state index contributed by atoms with van der Waals surface area (Å²) in [6.45, 7) is 5.07. The standard InChI is InChI=1S/C22H28FNO2/c1-22(25,14-17-24-15-4-2-3-5-16-24)18-6-10-20(11-7-18)26-21-12-8-19(23)9-13-21/h6-13,25H,2-5,14-17H2,1H3. The van der Waals surface area contributed by atoms with E-state index in [4.69, 9.17) is 4.74 Å². The molecule has 4 heteroatoms. The summed E-state index contributed by atoms with van der Waals surface area (Å²) in [5, 5.41) is 10.9. The molecular formula is C22H28FNO2. The molecule has 1 N–H and O–H groups in total. The van der Waals surface area contributed by atoms with Crippen molar-refractivity contribution in [1.82, 2.24) is 4.90 Å². The third kappa shape index (κ3) is 5.29. The number of hydrogen-bond donors (Lipinski definition) is 1. The maximum atomic E-state index is 13.0. The first-order valence-electron chi connectivity index (χ1n) is 9.52. The van der Waals surface area contributed by atoms with Crippen molar-refractivity contribution in [3.05, 3.63) is 59.9 Å². The maximum Gasteiger partial charge on any atom is 0.127 e. The van der Waals surface area contributed by atoms with E-state index in [9.17, 15) is 9.50 Å². The number of likely N-dealkylation sites (tertiary alicyclic amines) is 1. The second-order valence-electron chi connectivity index (χ2n) is 7.36. The van der Waals surface area contributed by atoms with Crippen LogP contribution in [0.3, 0.4) is 0 Å². The lowest BCUT2D eigenvalue weighted by atomic mass is 9.92. The fraction of sp³-hybridized carbons (Fsp3) is 0.455. The molecule has 0 spiro atoms. The first-order chi connectivity index (χ1) is 12.5. The predicted octanol–water partition coefficient (Wildman–Crippen LogP) is 5.09. The van der Waals surface area contributed by atoms with E-state index in [-0.39, 0.29) is 5.82 Å². The first-order valence-corrected chi connectivity index (χ1v) is 9.52. The molecule has 3 rings (SSSR count). The van der Waals surface area contributed by atoms with Crippen molar-refractivity contribution < 1.29 is 14.2 Å². The molecule has 0 aliphatic carbocycles. The van der Waals surface area contributed by atoms with Gasteiger partial charge in [0, 0.05) is 6.54 Å². The van der Waals surface area contributed by atoms with Gasteiger partial charge in [-0.1, -0.05) is 25.0 Å². The van der Waals surface area contributed by atoms with Gasteiger partial charge in [0.1, 0.15) is 17.3 Å². The lowest BCUT2D eigenvalue weighted by Crippen LogP contribution is -2.32. The van der Waals surface area contributed by atoms with Crippen LogP contribution in [0.2, 0.25) is 0 Å². The van der Waals surface area contributed by atoms with Crippen molar-refractivity contribution in [3.63, 3.8) is 0 Å². The SMILES string of the molecule is CC(O)(CCN1CCCCCC1)c1ccc(Oc2ccc(F)cc2)cc1. The van der Waals surface area contributed by atoms with Crippen LogP contribution in [0, 0.1) is 5.82 Å². The Balaban J connectivity index is 1.58. The largest absolute Gasteiger partial charge is 0.457 e. The van der Waals surface area contributed by atoms with Gasteiger partial charge >= 0.3 is 0 Å². The second kappa shape index (κ2) is 8.65. The number of ether oxygens (including phenoxy) is 1. The Hall–Kier alpha value is -1.91. The third-order valence-corrected chi connectivity index (χ3v) is 5.14. The Morgan fingerprint density at radius 2 is 1.46 bits per heavy atom. The monoisotopic (exact) mass is 357 g/mol. The number of aliphatic hydroxyl groups is 1. The smallest absolute Gasteiger partial charge is 0.127 e. The van der Waals surface area contributed by atoms with E-state index < -0.39 is 5.60 Å². The zero-order valence-electron chi connectivity index (χ0n) is 15.5. The Kier molecular flexibility index (Phi) is 6.28. The van der Waals surface area contributed by atoms with Gasteiger partial charge in [0.25, 0.3) is 0 Å². The van der Waals surface area contributed by atoms with Gasteiger partial charge in [-0.25, -0.2) is 4.39 Å². The van der Waals surface area contributed by atoms with Gasteiger partial charge in [0.15, 0.2) is 0 Å². The van der Waals surface area contributed by atoms with Gasteiger partial charge in [0.2, 0.25) is 0 Å². The Labute approximate surface area is 155 Å². The molecule has 26 heavy (non-hydrogen) atoms. The minimum atomic E-state index is -0.860. The molecule has 1 unspecified atom stereocenters. The fourth-order valence-electron chi connectivity index (χ4n) is 3.40. The van der Waals surface area contributed by atoms with E-state index in [2.05, 4.69) is 4.90 Å². The van der Waals surface area contributed by atoms with Crippen molar-refractivity contribution in [2.45, 2.75) is 44.6 Å². The lowest BCUT2D eigenvalue weighted by molar-refractivity contribution is 0.0362. The number of rotatable bonds is 6. The highest BCUT2D eigenvalue weighted by Gasteiger charge is 2.24. The average Bonchev–Trinajstić information content (AvgIpc) is 2.91. The fourth-order valence-corrected chi connectivity index (χ4v) is 3.40. The van der Waals surface area contributed by atoms with Gasteiger partial charge in [-0.15, -0.1) is 0 Å². The zero-order chi connectivity index (χ0) is 18.4. The van der Waals surface area contributed by atoms with Gasteiger partial charge in [0.05, 0.1) is 5.60 Å². The second-order valence-corrected chi connectivity index (χ2v) is 7.36. The highest BCUT2D eigenvalue weighted by Crippen LogP contribution is 2.29. The van der Waals surface area contributed by atoms with Crippen LogP contribution in [0.5, 0.6) is 11.5 Å². The number of benzene rings is 2. The van der Waals surface area contributed by atoms with E-state index in [1.54, 1.807) is 12.1 Å². The molecule has 1 fully saturated rings. The quantitative estimate of drug-likeness (QED) is 0.781. The number of nitrogens with zero attached hydrogens (tertiary/aromatic N) is 1. The molecular weight excluding hydrogens is 329 g/mol. The molecule has 140 valence electrons. The Bertz CT molecular complexity index is 674. The van der Waals surface area contributed by atoms with E-state index in [0.29, 0.717) is 17.9 Å². The molecule has 0 radical (unpaired) electrons. The van der Waals surface area contributed by atoms with Crippen molar-refractivity contribution in [2.75, 3.05) is 19.6 Å². The predicted molar refractivity (Wildman–Crippen MR) is 102 cm³/mol. The molecule has 1 aliphatic heterocycles. The van der Waals surface area contributed by atoms with E-state index in [0.717, 1.165) is 25.2 Å². The third-order valence-electron chi connectivity index (χ3n) is 5.14. The minimum Gasteiger partial charge on any atom is -0.457 e. The highest BCUT2D eigenvalue weighted by molar-refractivity contribution is 5.34. The molecule has 0 saturated carbocycles. The van der Waals surface area contributed by atoms with Gasteiger partial charge in [-0.3, -0.25) is 0 Å². The lowest BCUT2D eigenvalue weighted by Gasteiger charge is -2.28. The van der Waals surface area contributed by atoms with Crippen molar-refractivity contribution in [2.24, 2.45) is 0 Å². The van der Waals surface area contributed by atoms with Gasteiger partial charge in [-0.2, -0.15) is 0 Å². The van der Waals surface area contributed by atoms with Crippen molar-refractivity contribution >= 4 is 0 Å². The van der Waals surface area contributed by atoms with E-state index in [1.807, 2.05) is 31.2 Å². The summed E-state index contributed by atoms with van der Waals surface area (Å²) < 4.78 is 18.7. The average molecular weight is 357 g/mol. The van der Waals surface area contributed by atoms with Crippen LogP contribution in [-0.2, 0) is 5.60 Å². The first kappa shape index (κ1) is 18.9. The van der Waals surface area contributed by atoms with Gasteiger partial charge in [-0.05, 0) is 81.2 Å². The van der Waals surface area contributed by atoms with Crippen LogP contribution >= 0.6 is 0 Å². The van der Waals surface area contributed by atoms with E-state index in [1.165, 1.54) is 37.8 Å². The zero-order valence-corrected chi connectivity index (χ0v) is 15.5. The van der Waals surface area contributed by atoms with Crippen LogP contribution in [-0.4, -0.2) is 29.6 Å². The van der Waals surface area contributed by atoms with Crippen molar-refractivity contribution in [3.8, 4) is 11.5 Å². The summed E-state index contributed by atoms with van der Waals surface area (Å²) in [6, 6.07) is 13.4. The van der Waals surface area contributed by atoms with E-state index >= 15 is 0 Å². The highest BCUT2D eigenvalue weighted by atomic mass is 19.1. The van der Waals surface area contributed by atoms with Crippen LogP contribution in [0.15, 0.2) is 48.5 Å². The summed E-state index contributed by atoms with van der Waals surface area (Å²) in [4.78, 5) is 2.47. The molecule has 3 nitrogen and oxygen atoms in total. The summed E-state index contributed by atoms with van der Waals surface area (Å²) in [5.74, 6) is 0.976. The summed E-state index contributed by atoms with van der Waals surface area (Å²) in [6.07, 6.45) is 5.88. The summed E-state index contributed by atoms with van der Waals surface area (Å²) >= 11 is 0. The van der Waals surface area contributed by atoms with Gasteiger partial charge < -0.3 is 14.7 Å². The molecule has 1 heterocycles. The molecule has 1 aliphatic rings. The van der Waals surface area contributed by atoms with Crippen LogP contribution in [0.25, 0.3) is 0 Å². The molecule has 0 bridgehead atoms. The summed E-state index contributed by atoms with van der Waals surface area (Å²) in [5.41, 5.74) is 0.0274. The molecule has 2 aromatic rings. The normalized spacial score (nSPS) is 18.1. The minimum absolute atomic E-state index is 0.284. The molecule has 0 amide bonds. The number of halogens is 1.